The lowest BCUT2D eigenvalue weighted by Crippen LogP contribution is -2.17. The second-order valence-corrected chi connectivity index (χ2v) is 8.27. The van der Waals surface area contributed by atoms with Crippen LogP contribution in [0.3, 0.4) is 0 Å². The van der Waals surface area contributed by atoms with E-state index in [-0.39, 0.29) is 23.3 Å². The summed E-state index contributed by atoms with van der Waals surface area (Å²) in [5.41, 5.74) is 1.75. The lowest BCUT2D eigenvalue weighted by atomic mass is 10.0. The number of methoxy groups -OCH3 is 3. The van der Waals surface area contributed by atoms with Gasteiger partial charge < -0.3 is 28.1 Å². The molecule has 8 nitrogen and oxygen atoms in total. The van der Waals surface area contributed by atoms with Crippen molar-refractivity contribution in [2.24, 2.45) is 0 Å². The zero-order chi connectivity index (χ0) is 26.6. The molecule has 0 bridgehead atoms. The smallest absolute Gasteiger partial charge is 0.349 e. The van der Waals surface area contributed by atoms with Crippen LogP contribution in [0.1, 0.15) is 0 Å². The van der Waals surface area contributed by atoms with Crippen molar-refractivity contribution < 1.29 is 32.9 Å². The number of esters is 1. The Kier molecular flexibility index (Phi) is 6.86. The van der Waals surface area contributed by atoms with Crippen LogP contribution in [0.5, 0.6) is 28.7 Å². The molecule has 0 aliphatic heterocycles. The first-order chi connectivity index (χ1) is 18.5. The van der Waals surface area contributed by atoms with Gasteiger partial charge in [0.2, 0.25) is 5.75 Å². The highest BCUT2D eigenvalue weighted by molar-refractivity contribution is 6.10. The fourth-order valence-electron chi connectivity index (χ4n) is 4.27. The minimum atomic E-state index is -0.608. The topological polar surface area (TPSA) is 93.4 Å². The van der Waals surface area contributed by atoms with Crippen LogP contribution >= 0.6 is 0 Å². The Morgan fingerprint density at radius 1 is 0.737 bits per heavy atom. The van der Waals surface area contributed by atoms with Crippen LogP contribution in [0.25, 0.3) is 32.9 Å². The first-order valence-electron chi connectivity index (χ1n) is 11.7. The molecule has 0 unspecified atom stereocenters. The van der Waals surface area contributed by atoms with Gasteiger partial charge in [-0.15, -0.1) is 0 Å². The van der Waals surface area contributed by atoms with Crippen molar-refractivity contribution in [2.75, 3.05) is 27.9 Å². The number of rotatable bonds is 8. The van der Waals surface area contributed by atoms with Crippen molar-refractivity contribution in [3.8, 4) is 39.9 Å². The van der Waals surface area contributed by atoms with Gasteiger partial charge in [0.25, 0.3) is 0 Å². The number of carbonyl (C=O) groups excluding carboxylic acids is 1. The van der Waals surface area contributed by atoms with Gasteiger partial charge in [0.15, 0.2) is 18.1 Å². The molecule has 5 rings (SSSR count). The number of hydrogen-bond acceptors (Lipinski definition) is 8. The van der Waals surface area contributed by atoms with Crippen LogP contribution in [0, 0.1) is 0 Å². The zero-order valence-electron chi connectivity index (χ0n) is 21.0. The van der Waals surface area contributed by atoms with Crippen molar-refractivity contribution in [1.29, 1.82) is 0 Å². The number of fused-ring (bicyclic) bond motifs is 3. The summed E-state index contributed by atoms with van der Waals surface area (Å²) in [6, 6.07) is 23.7. The van der Waals surface area contributed by atoms with Crippen LogP contribution in [-0.2, 0) is 4.79 Å². The summed E-state index contributed by atoms with van der Waals surface area (Å²) in [5.74, 6) is 1.14. The molecule has 1 aromatic heterocycles. The molecule has 0 aliphatic rings. The highest BCUT2D eigenvalue weighted by Crippen LogP contribution is 2.45. The second kappa shape index (κ2) is 10.6. The molecule has 192 valence electrons. The van der Waals surface area contributed by atoms with Crippen LogP contribution in [0.2, 0.25) is 0 Å². The Balaban J connectivity index is 1.36. The number of benzene rings is 4. The van der Waals surface area contributed by atoms with Crippen molar-refractivity contribution in [2.45, 2.75) is 0 Å². The predicted molar refractivity (Wildman–Crippen MR) is 143 cm³/mol. The average molecular weight is 513 g/mol. The SMILES string of the molecule is COc1cc2c(=O)oc3cc(OC(=O)COc4ccc(-c5ccccc5)cc4)ccc3c2c(OC)c1OC. The van der Waals surface area contributed by atoms with Gasteiger partial charge in [-0.3, -0.25) is 0 Å². The van der Waals surface area contributed by atoms with E-state index in [0.717, 1.165) is 11.1 Å². The normalized spacial score (nSPS) is 10.8. The third-order valence-electron chi connectivity index (χ3n) is 6.02. The zero-order valence-corrected chi connectivity index (χ0v) is 21.0. The molecule has 0 aliphatic carbocycles. The van der Waals surface area contributed by atoms with E-state index >= 15 is 0 Å². The van der Waals surface area contributed by atoms with E-state index in [1.165, 1.54) is 27.4 Å². The molecule has 0 saturated heterocycles. The van der Waals surface area contributed by atoms with Gasteiger partial charge in [-0.05, 0) is 41.5 Å². The maximum absolute atomic E-state index is 12.8. The summed E-state index contributed by atoms with van der Waals surface area (Å²) < 4.78 is 32.9. The lowest BCUT2D eigenvalue weighted by molar-refractivity contribution is -0.136. The summed E-state index contributed by atoms with van der Waals surface area (Å²) in [6.45, 7) is -0.296. The van der Waals surface area contributed by atoms with Crippen LogP contribution < -0.4 is 29.3 Å². The standard InChI is InChI=1S/C30H24O8/c1-33-25-16-23-27(29(35-3)28(25)34-2)22-14-13-21(15-24(22)38-30(23)32)37-26(31)17-36-20-11-9-19(10-12-20)18-7-5-4-6-8-18/h4-16H,17H2,1-3H3. The van der Waals surface area contributed by atoms with Crippen molar-refractivity contribution in [3.63, 3.8) is 0 Å². The van der Waals surface area contributed by atoms with Crippen molar-refractivity contribution in [3.05, 3.63) is 89.3 Å². The fraction of sp³-hybridized carbons (Fsp3) is 0.133. The molecular formula is C30H24O8. The van der Waals surface area contributed by atoms with Gasteiger partial charge in [-0.2, -0.15) is 0 Å². The van der Waals surface area contributed by atoms with Gasteiger partial charge in [0.1, 0.15) is 17.1 Å². The van der Waals surface area contributed by atoms with E-state index in [1.54, 1.807) is 30.3 Å². The van der Waals surface area contributed by atoms with E-state index in [1.807, 2.05) is 42.5 Å². The molecule has 0 saturated carbocycles. The molecule has 0 N–H and O–H groups in total. The summed E-state index contributed by atoms with van der Waals surface area (Å²) in [6.07, 6.45) is 0. The summed E-state index contributed by atoms with van der Waals surface area (Å²) in [7, 11) is 4.43. The van der Waals surface area contributed by atoms with Crippen molar-refractivity contribution in [1.82, 2.24) is 0 Å². The monoisotopic (exact) mass is 512 g/mol. The minimum Gasteiger partial charge on any atom is -0.493 e. The van der Waals surface area contributed by atoms with Crippen LogP contribution in [0.15, 0.2) is 88.1 Å². The molecular weight excluding hydrogens is 488 g/mol. The van der Waals surface area contributed by atoms with Gasteiger partial charge in [-0.25, -0.2) is 9.59 Å². The molecule has 0 radical (unpaired) electrons. The highest BCUT2D eigenvalue weighted by Gasteiger charge is 2.21. The highest BCUT2D eigenvalue weighted by atomic mass is 16.6. The first kappa shape index (κ1) is 24.7. The molecule has 0 fully saturated rings. The van der Waals surface area contributed by atoms with Crippen molar-refractivity contribution >= 4 is 27.7 Å². The van der Waals surface area contributed by atoms with E-state index < -0.39 is 11.6 Å². The van der Waals surface area contributed by atoms with Gasteiger partial charge >= 0.3 is 11.6 Å². The molecule has 5 aromatic rings. The minimum absolute atomic E-state index is 0.201. The molecule has 4 aromatic carbocycles. The third kappa shape index (κ3) is 4.71. The fourth-order valence-corrected chi connectivity index (χ4v) is 4.27. The lowest BCUT2D eigenvalue weighted by Gasteiger charge is -2.15. The van der Waals surface area contributed by atoms with E-state index in [0.29, 0.717) is 33.8 Å². The van der Waals surface area contributed by atoms with Crippen LogP contribution in [0.4, 0.5) is 0 Å². The Morgan fingerprint density at radius 2 is 1.42 bits per heavy atom. The number of ether oxygens (including phenoxy) is 5. The molecule has 8 heteroatoms. The van der Waals surface area contributed by atoms with E-state index in [9.17, 15) is 9.59 Å². The van der Waals surface area contributed by atoms with Crippen LogP contribution in [-0.4, -0.2) is 33.9 Å². The Labute approximate surface area is 217 Å². The van der Waals surface area contributed by atoms with Gasteiger partial charge in [0, 0.05) is 16.8 Å². The Morgan fingerprint density at radius 3 is 2.11 bits per heavy atom. The summed E-state index contributed by atoms with van der Waals surface area (Å²) >= 11 is 0. The molecule has 0 spiro atoms. The van der Waals surface area contributed by atoms with E-state index in [2.05, 4.69) is 0 Å². The molecule has 38 heavy (non-hydrogen) atoms. The molecule has 0 amide bonds. The van der Waals surface area contributed by atoms with E-state index in [4.69, 9.17) is 28.1 Å². The average Bonchev–Trinajstić information content (AvgIpc) is 2.95. The molecule has 1 heterocycles. The first-order valence-corrected chi connectivity index (χ1v) is 11.7. The quantitative estimate of drug-likeness (QED) is 0.114. The van der Waals surface area contributed by atoms with Gasteiger partial charge in [0.05, 0.1) is 26.7 Å². The second-order valence-electron chi connectivity index (χ2n) is 8.27. The Hall–Kier alpha value is -4.98. The summed E-state index contributed by atoms with van der Waals surface area (Å²) in [4.78, 5) is 25.2. The maximum Gasteiger partial charge on any atom is 0.349 e. The Bertz CT molecular complexity index is 1670. The summed E-state index contributed by atoms with van der Waals surface area (Å²) in [5, 5.41) is 1.34. The van der Waals surface area contributed by atoms with Gasteiger partial charge in [-0.1, -0.05) is 42.5 Å². The largest absolute Gasteiger partial charge is 0.493 e. The maximum atomic E-state index is 12.8. The number of carbonyl (C=O) groups is 1. The molecule has 0 atom stereocenters. The number of hydrogen-bond donors (Lipinski definition) is 0. The third-order valence-corrected chi connectivity index (χ3v) is 6.02. The predicted octanol–water partition coefficient (Wildman–Crippen LogP) is 5.62.